The normalized spacial score (nSPS) is 13.4. The Hall–Kier alpha value is -3.70. The summed E-state index contributed by atoms with van der Waals surface area (Å²) in [7, 11) is 0. The molecule has 31 heavy (non-hydrogen) atoms. The van der Waals surface area contributed by atoms with E-state index in [1.54, 1.807) is 6.92 Å². The first kappa shape index (κ1) is 23.6. The van der Waals surface area contributed by atoms with Crippen molar-refractivity contribution in [2.75, 3.05) is 39.4 Å². The number of rotatable bonds is 11. The molecule has 6 N–H and O–H groups in total. The second-order valence-corrected chi connectivity index (χ2v) is 6.49. The number of hydrogen-bond acceptors (Lipinski definition) is 9. The van der Waals surface area contributed by atoms with Gasteiger partial charge in [-0.2, -0.15) is 0 Å². The topological polar surface area (TPSA) is 171 Å². The molecule has 1 aromatic rings. The van der Waals surface area contributed by atoms with E-state index in [9.17, 15) is 24.6 Å². The number of phenolic OH excluding ortho intramolecular Hbond substituents is 1. The molecule has 0 spiro atoms. The van der Waals surface area contributed by atoms with E-state index in [0.717, 1.165) is 13.1 Å². The summed E-state index contributed by atoms with van der Waals surface area (Å²) >= 11 is 0. The fourth-order valence-corrected chi connectivity index (χ4v) is 2.52. The molecule has 1 atom stereocenters. The number of carbonyl (C=O) groups is 3. The van der Waals surface area contributed by atoms with Gasteiger partial charge in [-0.25, -0.2) is 9.59 Å². The molecule has 2 amide bonds. The second-order valence-electron chi connectivity index (χ2n) is 6.49. The van der Waals surface area contributed by atoms with E-state index in [4.69, 9.17) is 9.47 Å². The highest BCUT2D eigenvalue weighted by Gasteiger charge is 2.22. The number of carbonyl (C=O) groups excluding carboxylic acids is 2. The first-order valence-corrected chi connectivity index (χ1v) is 9.83. The summed E-state index contributed by atoms with van der Waals surface area (Å²) in [6.45, 7) is 3.89. The minimum absolute atomic E-state index is 0.0623. The van der Waals surface area contributed by atoms with Crippen LogP contribution in [0.15, 0.2) is 23.2 Å². The lowest BCUT2D eigenvalue weighted by Crippen LogP contribution is -2.48. The number of nitrogens with zero attached hydrogens (tertiary/aromatic N) is 1. The minimum atomic E-state index is -1.38. The van der Waals surface area contributed by atoms with Gasteiger partial charge in [-0.05, 0) is 18.6 Å². The zero-order chi connectivity index (χ0) is 22.6. The maximum absolute atomic E-state index is 12.3. The molecule has 0 fully saturated rings. The Balaban J connectivity index is 1.82. The molecule has 12 nitrogen and oxygen atoms in total. The molecule has 0 aliphatic carbocycles. The van der Waals surface area contributed by atoms with Crippen molar-refractivity contribution < 1.29 is 34.1 Å². The van der Waals surface area contributed by atoms with Crippen molar-refractivity contribution in [2.45, 2.75) is 19.4 Å². The summed E-state index contributed by atoms with van der Waals surface area (Å²) in [6.07, 6.45) is -0.303. The molecule has 0 bridgehead atoms. The number of hydrogen-bond donors (Lipinski definition) is 6. The lowest BCUT2D eigenvalue weighted by atomic mass is 10.1. The molecule has 2 rings (SSSR count). The summed E-state index contributed by atoms with van der Waals surface area (Å²) in [5.41, 5.74) is -0.0623. The van der Waals surface area contributed by atoms with Crippen molar-refractivity contribution in [3.05, 3.63) is 23.8 Å². The van der Waals surface area contributed by atoms with Crippen LogP contribution in [0.1, 0.15) is 23.7 Å². The van der Waals surface area contributed by atoms with Gasteiger partial charge in [0.25, 0.3) is 5.91 Å². The quantitative estimate of drug-likeness (QED) is 0.253. The first-order valence-electron chi connectivity index (χ1n) is 9.83. The van der Waals surface area contributed by atoms with Crippen molar-refractivity contribution in [1.29, 1.82) is 0 Å². The number of carboxylic acid groups (broad SMARTS) is 1. The second kappa shape index (κ2) is 12.1. The SMILES string of the molecule is CCCOC(=O)N[C@@H](CNC(=O)c1ccc(OCCNC2=NCCN2)cc1O)C(=O)O. The van der Waals surface area contributed by atoms with E-state index in [1.165, 1.54) is 18.2 Å². The van der Waals surface area contributed by atoms with Gasteiger partial charge in [0.05, 0.1) is 25.3 Å². The summed E-state index contributed by atoms with van der Waals surface area (Å²) in [4.78, 5) is 39.3. The van der Waals surface area contributed by atoms with Crippen molar-refractivity contribution in [3.8, 4) is 11.5 Å². The summed E-state index contributed by atoms with van der Waals surface area (Å²) < 4.78 is 10.3. The summed E-state index contributed by atoms with van der Waals surface area (Å²) in [5.74, 6) is -1.29. The molecule has 1 heterocycles. The van der Waals surface area contributed by atoms with Gasteiger partial charge in [-0.1, -0.05) is 6.92 Å². The van der Waals surface area contributed by atoms with E-state index < -0.39 is 30.6 Å². The number of alkyl carbamates (subject to hydrolysis) is 1. The highest BCUT2D eigenvalue weighted by atomic mass is 16.5. The van der Waals surface area contributed by atoms with Crippen LogP contribution < -0.4 is 26.0 Å². The van der Waals surface area contributed by atoms with Gasteiger partial charge >= 0.3 is 12.1 Å². The van der Waals surface area contributed by atoms with Crippen molar-refractivity contribution in [2.24, 2.45) is 4.99 Å². The number of aromatic hydroxyl groups is 1. The van der Waals surface area contributed by atoms with Crippen LogP contribution in [0.2, 0.25) is 0 Å². The van der Waals surface area contributed by atoms with Crippen LogP contribution in [0.3, 0.4) is 0 Å². The number of benzene rings is 1. The highest BCUT2D eigenvalue weighted by Crippen LogP contribution is 2.23. The number of aliphatic carboxylic acids is 1. The molecule has 0 saturated carbocycles. The van der Waals surface area contributed by atoms with Crippen LogP contribution in [0.5, 0.6) is 11.5 Å². The Morgan fingerprint density at radius 2 is 2.10 bits per heavy atom. The predicted molar refractivity (Wildman–Crippen MR) is 110 cm³/mol. The van der Waals surface area contributed by atoms with Crippen molar-refractivity contribution in [3.63, 3.8) is 0 Å². The fourth-order valence-electron chi connectivity index (χ4n) is 2.52. The predicted octanol–water partition coefficient (Wildman–Crippen LogP) is -0.361. The molecule has 170 valence electrons. The van der Waals surface area contributed by atoms with E-state index in [1.807, 2.05) is 0 Å². The Bertz CT molecular complexity index is 815. The third kappa shape index (κ3) is 7.91. The van der Waals surface area contributed by atoms with Gasteiger partial charge in [0, 0.05) is 19.2 Å². The van der Waals surface area contributed by atoms with E-state index in [2.05, 4.69) is 26.3 Å². The number of guanidine groups is 1. The molecule has 0 radical (unpaired) electrons. The average molecular weight is 437 g/mol. The van der Waals surface area contributed by atoms with Gasteiger partial charge in [-0.15, -0.1) is 0 Å². The van der Waals surface area contributed by atoms with Crippen LogP contribution >= 0.6 is 0 Å². The van der Waals surface area contributed by atoms with Crippen LogP contribution in [0.4, 0.5) is 4.79 Å². The van der Waals surface area contributed by atoms with E-state index in [0.29, 0.717) is 31.3 Å². The maximum Gasteiger partial charge on any atom is 0.407 e. The standard InChI is InChI=1S/C19H27N5O7/c1-2-8-31-19(29)24-14(17(27)28)11-23-16(26)13-4-3-12(10-15(13)25)30-9-7-22-18-20-5-6-21-18/h3-4,10,14,25H,2,5-9,11H2,1H3,(H,23,26)(H,24,29)(H,27,28)(H2,20,21,22)/t14-/m0/s1. The Morgan fingerprint density at radius 3 is 2.74 bits per heavy atom. The van der Waals surface area contributed by atoms with E-state index >= 15 is 0 Å². The maximum atomic E-state index is 12.3. The van der Waals surface area contributed by atoms with Gasteiger partial charge in [0.1, 0.15) is 24.1 Å². The monoisotopic (exact) mass is 437 g/mol. The van der Waals surface area contributed by atoms with E-state index in [-0.39, 0.29) is 17.9 Å². The van der Waals surface area contributed by atoms with Gasteiger partial charge in [-0.3, -0.25) is 9.79 Å². The zero-order valence-corrected chi connectivity index (χ0v) is 17.1. The third-order valence-corrected chi connectivity index (χ3v) is 4.05. The van der Waals surface area contributed by atoms with Crippen LogP contribution in [-0.4, -0.2) is 79.6 Å². The van der Waals surface area contributed by atoms with Crippen molar-refractivity contribution >= 4 is 23.9 Å². The lowest BCUT2D eigenvalue weighted by Gasteiger charge is -2.15. The Kier molecular flexibility index (Phi) is 9.20. The minimum Gasteiger partial charge on any atom is -0.507 e. The first-order chi connectivity index (χ1) is 14.9. The molecule has 1 aliphatic heterocycles. The van der Waals surface area contributed by atoms with Crippen LogP contribution in [0.25, 0.3) is 0 Å². The Labute approximate surface area is 179 Å². The molecule has 1 aromatic carbocycles. The Morgan fingerprint density at radius 1 is 1.29 bits per heavy atom. The molecule has 0 saturated heterocycles. The number of carboxylic acids is 1. The molecule has 12 heteroatoms. The number of ether oxygens (including phenoxy) is 2. The van der Waals surface area contributed by atoms with Crippen LogP contribution in [-0.2, 0) is 9.53 Å². The summed E-state index contributed by atoms with van der Waals surface area (Å²) in [6, 6.07) is 2.77. The zero-order valence-electron chi connectivity index (χ0n) is 17.1. The molecule has 1 aliphatic rings. The summed E-state index contributed by atoms with van der Waals surface area (Å²) in [5, 5.41) is 29.9. The lowest BCUT2D eigenvalue weighted by molar-refractivity contribution is -0.139. The number of aliphatic imine (C=N–C) groups is 1. The number of amides is 2. The smallest absolute Gasteiger partial charge is 0.407 e. The average Bonchev–Trinajstić information content (AvgIpc) is 3.26. The van der Waals surface area contributed by atoms with Gasteiger partial charge in [0.2, 0.25) is 0 Å². The third-order valence-electron chi connectivity index (χ3n) is 4.05. The van der Waals surface area contributed by atoms with Gasteiger partial charge < -0.3 is 41.0 Å². The van der Waals surface area contributed by atoms with Crippen molar-refractivity contribution in [1.82, 2.24) is 21.3 Å². The highest BCUT2D eigenvalue weighted by molar-refractivity contribution is 5.97. The largest absolute Gasteiger partial charge is 0.507 e. The fraction of sp³-hybridized carbons (Fsp3) is 0.474. The molecular formula is C19H27N5O7. The number of phenols is 1. The van der Waals surface area contributed by atoms with Crippen LogP contribution in [0, 0.1) is 0 Å². The molecular weight excluding hydrogens is 410 g/mol. The number of nitrogens with one attached hydrogen (secondary N) is 4. The van der Waals surface area contributed by atoms with Gasteiger partial charge in [0.15, 0.2) is 5.96 Å². The molecule has 0 aromatic heterocycles. The molecule has 0 unspecified atom stereocenters.